The fourth-order valence-corrected chi connectivity index (χ4v) is 3.16. The highest BCUT2D eigenvalue weighted by Crippen LogP contribution is 2.29. The topological polar surface area (TPSA) is 72.2 Å². The molecule has 7 heteroatoms. The number of carbonyl (C=O) groups is 2. The number of hydrogen-bond acceptors (Lipinski definition) is 2. The van der Waals surface area contributed by atoms with Crippen LogP contribution in [-0.2, 0) is 28.6 Å². The Labute approximate surface area is 177 Å². The number of halogens is 3. The van der Waals surface area contributed by atoms with E-state index in [1.807, 2.05) is 54.6 Å². The molecule has 0 saturated heterocycles. The Balaban J connectivity index is 1.62. The minimum Gasteiger partial charge on any atom is -0.368 e. The summed E-state index contributed by atoms with van der Waals surface area (Å²) in [6.07, 6.45) is -4.38. The Bertz CT molecular complexity index is 1030. The van der Waals surface area contributed by atoms with Gasteiger partial charge >= 0.3 is 6.18 Å². The Morgan fingerprint density at radius 1 is 0.806 bits per heavy atom. The van der Waals surface area contributed by atoms with Gasteiger partial charge in [0.25, 0.3) is 0 Å². The van der Waals surface area contributed by atoms with Crippen LogP contribution in [0.1, 0.15) is 16.7 Å². The lowest BCUT2D eigenvalue weighted by atomic mass is 10.00. The molecule has 4 nitrogen and oxygen atoms in total. The average molecular weight is 426 g/mol. The summed E-state index contributed by atoms with van der Waals surface area (Å²) in [4.78, 5) is 24.1. The fraction of sp³-hybridized carbons (Fsp3) is 0.167. The van der Waals surface area contributed by atoms with Gasteiger partial charge in [0.1, 0.15) is 6.04 Å². The van der Waals surface area contributed by atoms with Gasteiger partial charge in [-0.15, -0.1) is 0 Å². The van der Waals surface area contributed by atoms with Crippen molar-refractivity contribution in [2.45, 2.75) is 25.1 Å². The molecule has 3 aromatic rings. The molecule has 0 aliphatic rings. The lowest BCUT2D eigenvalue weighted by Gasteiger charge is -2.16. The van der Waals surface area contributed by atoms with Crippen LogP contribution in [-0.4, -0.2) is 17.9 Å². The molecule has 0 aromatic heterocycles. The molecule has 31 heavy (non-hydrogen) atoms. The zero-order valence-corrected chi connectivity index (χ0v) is 16.5. The van der Waals surface area contributed by atoms with E-state index in [1.54, 1.807) is 0 Å². The smallest absolute Gasteiger partial charge is 0.368 e. The number of amides is 2. The third-order valence-electron chi connectivity index (χ3n) is 4.83. The predicted octanol–water partition coefficient (Wildman–Crippen LogP) is 4.13. The Morgan fingerprint density at radius 3 is 1.90 bits per heavy atom. The van der Waals surface area contributed by atoms with Crippen LogP contribution in [0.3, 0.4) is 0 Å². The lowest BCUT2D eigenvalue weighted by molar-refractivity contribution is -0.137. The second kappa shape index (κ2) is 9.47. The molecule has 1 atom stereocenters. The van der Waals surface area contributed by atoms with E-state index in [0.29, 0.717) is 5.56 Å². The minimum atomic E-state index is -4.44. The summed E-state index contributed by atoms with van der Waals surface area (Å²) >= 11 is 0. The molecular weight excluding hydrogens is 405 g/mol. The highest BCUT2D eigenvalue weighted by molar-refractivity contribution is 5.87. The van der Waals surface area contributed by atoms with Gasteiger partial charge in [-0.05, 0) is 34.4 Å². The van der Waals surface area contributed by atoms with Crippen molar-refractivity contribution >= 4 is 11.8 Å². The first kappa shape index (κ1) is 22.1. The molecule has 3 rings (SSSR count). The molecule has 0 unspecified atom stereocenters. The molecule has 3 N–H and O–H groups in total. The van der Waals surface area contributed by atoms with Crippen LogP contribution in [0.15, 0.2) is 78.9 Å². The maximum Gasteiger partial charge on any atom is 0.416 e. The number of rotatable bonds is 7. The van der Waals surface area contributed by atoms with Crippen LogP contribution in [0.4, 0.5) is 13.2 Å². The van der Waals surface area contributed by atoms with E-state index < -0.39 is 29.6 Å². The van der Waals surface area contributed by atoms with Crippen molar-refractivity contribution in [2.75, 3.05) is 0 Å². The van der Waals surface area contributed by atoms with E-state index in [0.717, 1.165) is 28.8 Å². The number of nitrogens with two attached hydrogens (primary N) is 1. The number of hydrogen-bond donors (Lipinski definition) is 2. The summed E-state index contributed by atoms with van der Waals surface area (Å²) in [6, 6.07) is 20.8. The van der Waals surface area contributed by atoms with Crippen LogP contribution in [0, 0.1) is 0 Å². The van der Waals surface area contributed by atoms with Crippen molar-refractivity contribution in [1.29, 1.82) is 0 Å². The van der Waals surface area contributed by atoms with Crippen molar-refractivity contribution in [1.82, 2.24) is 5.32 Å². The van der Waals surface area contributed by atoms with Gasteiger partial charge in [0.2, 0.25) is 11.8 Å². The third kappa shape index (κ3) is 6.18. The lowest BCUT2D eigenvalue weighted by Crippen LogP contribution is -2.46. The third-order valence-corrected chi connectivity index (χ3v) is 4.83. The standard InChI is InChI=1S/C24H21F3N2O2/c25-24(26,27)20-12-8-17(9-13-20)15-22(30)29-21(23(28)31)14-16-6-10-19(11-7-16)18-4-2-1-3-5-18/h1-13,21H,14-15H2,(H2,28,31)(H,29,30)/t21-/m0/s1. The fourth-order valence-electron chi connectivity index (χ4n) is 3.16. The van der Waals surface area contributed by atoms with Crippen LogP contribution in [0.5, 0.6) is 0 Å². The monoisotopic (exact) mass is 426 g/mol. The van der Waals surface area contributed by atoms with Crippen molar-refractivity contribution in [3.63, 3.8) is 0 Å². The van der Waals surface area contributed by atoms with Crippen molar-refractivity contribution in [3.05, 3.63) is 95.6 Å². The molecule has 0 spiro atoms. The second-order valence-corrected chi connectivity index (χ2v) is 7.16. The van der Waals surface area contributed by atoms with Gasteiger partial charge in [0.15, 0.2) is 0 Å². The number of alkyl halides is 3. The molecule has 0 aliphatic heterocycles. The summed E-state index contributed by atoms with van der Waals surface area (Å²) in [7, 11) is 0. The van der Waals surface area contributed by atoms with Crippen LogP contribution in [0.25, 0.3) is 11.1 Å². The summed E-state index contributed by atoms with van der Waals surface area (Å²) in [5.41, 5.74) is 7.95. The van der Waals surface area contributed by atoms with Crippen LogP contribution in [0.2, 0.25) is 0 Å². The molecule has 2 amide bonds. The predicted molar refractivity (Wildman–Crippen MR) is 112 cm³/mol. The van der Waals surface area contributed by atoms with Crippen LogP contribution >= 0.6 is 0 Å². The molecular formula is C24H21F3N2O2. The van der Waals surface area contributed by atoms with Gasteiger partial charge in [0, 0.05) is 6.42 Å². The first-order valence-corrected chi connectivity index (χ1v) is 9.61. The summed E-state index contributed by atoms with van der Waals surface area (Å²) in [6.45, 7) is 0. The maximum absolute atomic E-state index is 12.6. The highest BCUT2D eigenvalue weighted by atomic mass is 19.4. The first-order chi connectivity index (χ1) is 14.7. The second-order valence-electron chi connectivity index (χ2n) is 7.16. The molecule has 0 aliphatic carbocycles. The van der Waals surface area contributed by atoms with Gasteiger partial charge in [0.05, 0.1) is 12.0 Å². The van der Waals surface area contributed by atoms with Crippen LogP contribution < -0.4 is 11.1 Å². The number of carbonyl (C=O) groups excluding carboxylic acids is 2. The quantitative estimate of drug-likeness (QED) is 0.596. The maximum atomic E-state index is 12.6. The largest absolute Gasteiger partial charge is 0.416 e. The molecule has 0 bridgehead atoms. The average Bonchev–Trinajstić information content (AvgIpc) is 2.74. The summed E-state index contributed by atoms with van der Waals surface area (Å²) < 4.78 is 37.9. The van der Waals surface area contributed by atoms with E-state index in [1.165, 1.54) is 12.1 Å². The van der Waals surface area contributed by atoms with Crippen molar-refractivity contribution < 1.29 is 22.8 Å². The van der Waals surface area contributed by atoms with E-state index >= 15 is 0 Å². The number of benzene rings is 3. The number of primary amides is 1. The Morgan fingerprint density at radius 2 is 1.35 bits per heavy atom. The minimum absolute atomic E-state index is 0.158. The van der Waals surface area contributed by atoms with E-state index in [4.69, 9.17) is 5.73 Å². The highest BCUT2D eigenvalue weighted by Gasteiger charge is 2.30. The van der Waals surface area contributed by atoms with Crippen molar-refractivity contribution in [2.24, 2.45) is 5.73 Å². The molecule has 0 fully saturated rings. The molecule has 160 valence electrons. The van der Waals surface area contributed by atoms with Gasteiger partial charge in [-0.1, -0.05) is 66.7 Å². The first-order valence-electron chi connectivity index (χ1n) is 9.61. The summed E-state index contributed by atoms with van der Waals surface area (Å²) in [5.74, 6) is -1.18. The zero-order valence-electron chi connectivity index (χ0n) is 16.5. The van der Waals surface area contributed by atoms with Gasteiger partial charge in [-0.3, -0.25) is 9.59 Å². The SMILES string of the molecule is NC(=O)[C@H](Cc1ccc(-c2ccccc2)cc1)NC(=O)Cc1ccc(C(F)(F)F)cc1. The number of nitrogens with one attached hydrogen (secondary N) is 1. The Kier molecular flexibility index (Phi) is 6.74. The zero-order chi connectivity index (χ0) is 22.4. The van der Waals surface area contributed by atoms with Gasteiger partial charge in [-0.25, -0.2) is 0 Å². The molecule has 0 heterocycles. The van der Waals surface area contributed by atoms with Gasteiger partial charge < -0.3 is 11.1 Å². The van der Waals surface area contributed by atoms with E-state index in [9.17, 15) is 22.8 Å². The molecule has 0 radical (unpaired) electrons. The molecule has 3 aromatic carbocycles. The molecule has 0 saturated carbocycles. The van der Waals surface area contributed by atoms with Crippen molar-refractivity contribution in [3.8, 4) is 11.1 Å². The Hall–Kier alpha value is -3.61. The van der Waals surface area contributed by atoms with E-state index in [2.05, 4.69) is 5.32 Å². The van der Waals surface area contributed by atoms with Gasteiger partial charge in [-0.2, -0.15) is 13.2 Å². The summed E-state index contributed by atoms with van der Waals surface area (Å²) in [5, 5.41) is 2.57. The normalized spacial score (nSPS) is 12.2. The van der Waals surface area contributed by atoms with E-state index in [-0.39, 0.29) is 12.8 Å².